The van der Waals surface area contributed by atoms with E-state index in [0.29, 0.717) is 11.4 Å². The minimum atomic E-state index is -0.852. The van der Waals surface area contributed by atoms with Crippen molar-refractivity contribution < 1.29 is 9.90 Å². The first-order valence-electron chi connectivity index (χ1n) is 3.25. The second-order valence-corrected chi connectivity index (χ2v) is 2.42. The second kappa shape index (κ2) is 2.65. The summed E-state index contributed by atoms with van der Waals surface area (Å²) in [6.45, 7) is 1.80. The van der Waals surface area contributed by atoms with E-state index in [0.717, 1.165) is 5.56 Å². The van der Waals surface area contributed by atoms with Gasteiger partial charge in [0.1, 0.15) is 0 Å². The molecule has 0 aliphatic rings. The van der Waals surface area contributed by atoms with Crippen LogP contribution in [-0.4, -0.2) is 16.1 Å². The van der Waals surface area contributed by atoms with Crippen molar-refractivity contribution in [3.8, 4) is 0 Å². The van der Waals surface area contributed by atoms with Crippen LogP contribution in [0.1, 0.15) is 11.3 Å². The van der Waals surface area contributed by atoms with E-state index in [1.54, 1.807) is 13.1 Å². The summed E-state index contributed by atoms with van der Waals surface area (Å²) in [7, 11) is 0. The second-order valence-electron chi connectivity index (χ2n) is 2.42. The summed E-state index contributed by atoms with van der Waals surface area (Å²) in [5.41, 5.74) is 7.61. The molecule has 0 saturated heterocycles. The van der Waals surface area contributed by atoms with Gasteiger partial charge >= 0.3 is 5.97 Å². The van der Waals surface area contributed by atoms with Crippen LogP contribution in [0.4, 0.5) is 5.69 Å². The Kier molecular flexibility index (Phi) is 1.85. The first kappa shape index (κ1) is 7.65. The van der Waals surface area contributed by atoms with E-state index in [4.69, 9.17) is 10.8 Å². The van der Waals surface area contributed by atoms with Crippen LogP contribution in [0.3, 0.4) is 0 Å². The van der Waals surface area contributed by atoms with E-state index < -0.39 is 5.97 Å². The van der Waals surface area contributed by atoms with Gasteiger partial charge in [0.15, 0.2) is 0 Å². The Labute approximate surface area is 64.0 Å². The molecule has 0 unspecified atom stereocenters. The number of aromatic nitrogens is 1. The van der Waals surface area contributed by atoms with E-state index >= 15 is 0 Å². The molecular weight excluding hydrogens is 144 g/mol. The Balaban J connectivity index is 2.87. The molecular formula is C7H10N2O2. The van der Waals surface area contributed by atoms with Crippen molar-refractivity contribution in [2.75, 3.05) is 5.73 Å². The molecule has 4 N–H and O–H groups in total. The molecule has 1 aromatic rings. The summed E-state index contributed by atoms with van der Waals surface area (Å²) >= 11 is 0. The lowest BCUT2D eigenvalue weighted by atomic mass is 10.2. The lowest BCUT2D eigenvalue weighted by molar-refractivity contribution is -0.136. The molecule has 0 aliphatic carbocycles. The Morgan fingerprint density at radius 3 is 2.82 bits per heavy atom. The van der Waals surface area contributed by atoms with Crippen LogP contribution < -0.4 is 5.73 Å². The molecule has 1 rings (SSSR count). The minimum Gasteiger partial charge on any atom is -0.481 e. The van der Waals surface area contributed by atoms with Crippen molar-refractivity contribution in [1.82, 2.24) is 4.98 Å². The van der Waals surface area contributed by atoms with E-state index in [2.05, 4.69) is 4.98 Å². The number of nitrogens with one attached hydrogen (secondary N) is 1. The maximum atomic E-state index is 10.3. The number of carboxylic acid groups (broad SMARTS) is 1. The van der Waals surface area contributed by atoms with Crippen molar-refractivity contribution in [2.24, 2.45) is 0 Å². The molecule has 60 valence electrons. The van der Waals surface area contributed by atoms with Crippen LogP contribution in [0.25, 0.3) is 0 Å². The van der Waals surface area contributed by atoms with E-state index in [9.17, 15) is 4.79 Å². The van der Waals surface area contributed by atoms with Crippen LogP contribution in [0, 0.1) is 6.92 Å². The number of aliphatic carboxylic acids is 1. The number of nitrogens with two attached hydrogens (primary N) is 1. The fraction of sp³-hybridized carbons (Fsp3) is 0.286. The molecule has 0 aromatic carbocycles. The average Bonchev–Trinajstić information content (AvgIpc) is 2.18. The number of hydrogen-bond acceptors (Lipinski definition) is 2. The molecule has 1 aromatic heterocycles. The Hall–Kier alpha value is -1.45. The largest absolute Gasteiger partial charge is 0.481 e. The zero-order chi connectivity index (χ0) is 8.43. The zero-order valence-electron chi connectivity index (χ0n) is 6.22. The summed E-state index contributed by atoms with van der Waals surface area (Å²) in [6, 6.07) is 0. The lowest BCUT2D eigenvalue weighted by Gasteiger charge is -1.94. The third-order valence-corrected chi connectivity index (χ3v) is 1.62. The molecule has 11 heavy (non-hydrogen) atoms. The topological polar surface area (TPSA) is 79.1 Å². The normalized spacial score (nSPS) is 9.91. The molecule has 0 saturated carbocycles. The standard InChI is InChI=1S/C7H10N2O2/c1-4-5(8)3-9-6(4)2-7(10)11/h3,9H,2,8H2,1H3,(H,10,11). The van der Waals surface area contributed by atoms with Crippen LogP contribution in [-0.2, 0) is 11.2 Å². The quantitative estimate of drug-likeness (QED) is 0.581. The third-order valence-electron chi connectivity index (χ3n) is 1.62. The first-order chi connectivity index (χ1) is 5.11. The molecule has 0 atom stereocenters. The molecule has 4 nitrogen and oxygen atoms in total. The number of anilines is 1. The summed E-state index contributed by atoms with van der Waals surface area (Å²) in [5.74, 6) is -0.852. The van der Waals surface area contributed by atoms with Crippen LogP contribution in [0.5, 0.6) is 0 Å². The van der Waals surface area contributed by atoms with Crippen molar-refractivity contribution >= 4 is 11.7 Å². The Morgan fingerprint density at radius 1 is 1.82 bits per heavy atom. The predicted octanol–water partition coefficient (Wildman–Crippen LogP) is 0.532. The smallest absolute Gasteiger partial charge is 0.309 e. The number of hydrogen-bond donors (Lipinski definition) is 3. The number of H-pyrrole nitrogens is 1. The fourth-order valence-electron chi connectivity index (χ4n) is 0.890. The fourth-order valence-corrected chi connectivity index (χ4v) is 0.890. The highest BCUT2D eigenvalue weighted by Crippen LogP contribution is 2.14. The minimum absolute atomic E-state index is 0.00301. The van der Waals surface area contributed by atoms with Crippen LogP contribution in [0.2, 0.25) is 0 Å². The van der Waals surface area contributed by atoms with Gasteiger partial charge in [-0.05, 0) is 12.5 Å². The van der Waals surface area contributed by atoms with Crippen LogP contribution >= 0.6 is 0 Å². The van der Waals surface area contributed by atoms with Gasteiger partial charge in [0.05, 0.1) is 12.1 Å². The molecule has 0 radical (unpaired) electrons. The lowest BCUT2D eigenvalue weighted by Crippen LogP contribution is -2.01. The first-order valence-corrected chi connectivity index (χ1v) is 3.25. The summed E-state index contributed by atoms with van der Waals surface area (Å²) < 4.78 is 0. The van der Waals surface area contributed by atoms with Crippen molar-refractivity contribution in [2.45, 2.75) is 13.3 Å². The van der Waals surface area contributed by atoms with Gasteiger partial charge in [-0.25, -0.2) is 0 Å². The van der Waals surface area contributed by atoms with Gasteiger partial charge in [-0.3, -0.25) is 4.79 Å². The summed E-state index contributed by atoms with van der Waals surface area (Å²) in [6.07, 6.45) is 1.61. The van der Waals surface area contributed by atoms with Gasteiger partial charge in [-0.2, -0.15) is 0 Å². The monoisotopic (exact) mass is 154 g/mol. The van der Waals surface area contributed by atoms with Gasteiger partial charge in [0.2, 0.25) is 0 Å². The highest BCUT2D eigenvalue weighted by Gasteiger charge is 2.06. The van der Waals surface area contributed by atoms with Crippen molar-refractivity contribution in [3.05, 3.63) is 17.5 Å². The average molecular weight is 154 g/mol. The molecule has 0 spiro atoms. The molecule has 0 fully saturated rings. The molecule has 1 heterocycles. The number of carbonyl (C=O) groups is 1. The highest BCUT2D eigenvalue weighted by molar-refractivity contribution is 5.71. The molecule has 0 bridgehead atoms. The Bertz CT molecular complexity index is 278. The van der Waals surface area contributed by atoms with Crippen molar-refractivity contribution in [1.29, 1.82) is 0 Å². The van der Waals surface area contributed by atoms with Crippen LogP contribution in [0.15, 0.2) is 6.20 Å². The number of nitrogen functional groups attached to an aromatic ring is 1. The number of aromatic amines is 1. The maximum absolute atomic E-state index is 10.3. The molecule has 0 aliphatic heterocycles. The van der Waals surface area contributed by atoms with Gasteiger partial charge < -0.3 is 15.8 Å². The van der Waals surface area contributed by atoms with E-state index in [1.165, 1.54) is 0 Å². The highest BCUT2D eigenvalue weighted by atomic mass is 16.4. The number of carboxylic acids is 1. The van der Waals surface area contributed by atoms with Gasteiger partial charge in [-0.15, -0.1) is 0 Å². The van der Waals surface area contributed by atoms with Gasteiger partial charge in [-0.1, -0.05) is 0 Å². The molecule has 4 heteroatoms. The summed E-state index contributed by atoms with van der Waals surface area (Å²) in [5, 5.41) is 8.44. The number of rotatable bonds is 2. The zero-order valence-corrected chi connectivity index (χ0v) is 6.22. The maximum Gasteiger partial charge on any atom is 0.309 e. The van der Waals surface area contributed by atoms with Crippen molar-refractivity contribution in [3.63, 3.8) is 0 Å². The van der Waals surface area contributed by atoms with Gasteiger partial charge in [0, 0.05) is 11.9 Å². The Morgan fingerprint density at radius 2 is 2.45 bits per heavy atom. The summed E-state index contributed by atoms with van der Waals surface area (Å²) in [4.78, 5) is 13.1. The molecule has 0 amide bonds. The van der Waals surface area contributed by atoms with E-state index in [1.807, 2.05) is 0 Å². The third kappa shape index (κ3) is 1.52. The predicted molar refractivity (Wildman–Crippen MR) is 41.3 cm³/mol. The SMILES string of the molecule is Cc1c(N)c[nH]c1CC(=O)O. The van der Waals surface area contributed by atoms with E-state index in [-0.39, 0.29) is 6.42 Å². The van der Waals surface area contributed by atoms with Gasteiger partial charge in [0.25, 0.3) is 0 Å².